The quantitative estimate of drug-likeness (QED) is 0.588. The van der Waals surface area contributed by atoms with Gasteiger partial charge in [-0.2, -0.15) is 5.10 Å². The molecule has 0 saturated heterocycles. The predicted molar refractivity (Wildman–Crippen MR) is 85.6 cm³/mol. The largest absolute Gasteiger partial charge is 0.497 e. The number of hydrogen-bond donors (Lipinski definition) is 1. The smallest absolute Gasteiger partial charge is 0.118 e. The summed E-state index contributed by atoms with van der Waals surface area (Å²) in [6.45, 7) is 0. The van der Waals surface area contributed by atoms with Gasteiger partial charge in [0.25, 0.3) is 0 Å². The summed E-state index contributed by atoms with van der Waals surface area (Å²) in [5.41, 5.74) is 3.16. The number of methoxy groups -OCH3 is 1. The first kappa shape index (κ1) is 12.0. The van der Waals surface area contributed by atoms with E-state index in [1.807, 2.05) is 36.4 Å². The van der Waals surface area contributed by atoms with Crippen molar-refractivity contribution in [2.24, 2.45) is 0 Å². The molecule has 3 aromatic carbocycles. The molecule has 0 unspecified atom stereocenters. The van der Waals surface area contributed by atoms with E-state index < -0.39 is 0 Å². The highest BCUT2D eigenvalue weighted by atomic mass is 16.5. The first-order chi connectivity index (χ1) is 10.4. The number of hydrogen-bond acceptors (Lipinski definition) is 2. The number of ether oxygens (including phenoxy) is 1. The number of rotatable bonds is 2. The van der Waals surface area contributed by atoms with Crippen LogP contribution in [0.25, 0.3) is 32.9 Å². The third kappa shape index (κ3) is 1.86. The van der Waals surface area contributed by atoms with Crippen molar-refractivity contribution in [3.63, 3.8) is 0 Å². The summed E-state index contributed by atoms with van der Waals surface area (Å²) in [5, 5.41) is 11.2. The predicted octanol–water partition coefficient (Wildman–Crippen LogP) is 4.39. The van der Waals surface area contributed by atoms with Gasteiger partial charge in [-0.05, 0) is 35.7 Å². The van der Waals surface area contributed by atoms with Crippen LogP contribution < -0.4 is 4.74 Å². The van der Waals surface area contributed by atoms with Crippen molar-refractivity contribution >= 4 is 21.7 Å². The van der Waals surface area contributed by atoms with Crippen LogP contribution in [0.2, 0.25) is 0 Å². The van der Waals surface area contributed by atoms with Crippen molar-refractivity contribution < 1.29 is 4.74 Å². The molecular formula is C18H14N2O. The summed E-state index contributed by atoms with van der Waals surface area (Å²) in [6.07, 6.45) is 0. The lowest BCUT2D eigenvalue weighted by Crippen LogP contribution is -1.83. The second kappa shape index (κ2) is 4.63. The fourth-order valence-corrected chi connectivity index (χ4v) is 2.73. The minimum atomic E-state index is 0.855. The van der Waals surface area contributed by atoms with Crippen LogP contribution in [0.1, 0.15) is 0 Å². The molecule has 0 aliphatic heterocycles. The average molecular weight is 274 g/mol. The molecule has 0 aliphatic carbocycles. The maximum atomic E-state index is 5.21. The highest BCUT2D eigenvalue weighted by molar-refractivity contribution is 6.09. The zero-order valence-corrected chi connectivity index (χ0v) is 11.6. The maximum Gasteiger partial charge on any atom is 0.118 e. The molecule has 3 heteroatoms. The summed E-state index contributed by atoms with van der Waals surface area (Å²) in [5.74, 6) is 0.855. The van der Waals surface area contributed by atoms with Gasteiger partial charge in [-0.25, -0.2) is 0 Å². The first-order valence-corrected chi connectivity index (χ1v) is 6.87. The summed E-state index contributed by atoms with van der Waals surface area (Å²) in [4.78, 5) is 0. The molecule has 0 fully saturated rings. The highest BCUT2D eigenvalue weighted by Crippen LogP contribution is 2.31. The Hall–Kier alpha value is -2.81. The monoisotopic (exact) mass is 274 g/mol. The molecule has 0 radical (unpaired) electrons. The van der Waals surface area contributed by atoms with Crippen LogP contribution in [0.4, 0.5) is 0 Å². The lowest BCUT2D eigenvalue weighted by atomic mass is 10.0. The van der Waals surface area contributed by atoms with E-state index in [2.05, 4.69) is 34.5 Å². The second-order valence-corrected chi connectivity index (χ2v) is 5.01. The van der Waals surface area contributed by atoms with Gasteiger partial charge < -0.3 is 4.74 Å². The van der Waals surface area contributed by atoms with E-state index in [4.69, 9.17) is 4.74 Å². The van der Waals surface area contributed by atoms with Gasteiger partial charge in [0.2, 0.25) is 0 Å². The minimum Gasteiger partial charge on any atom is -0.497 e. The Labute approximate surface area is 122 Å². The maximum absolute atomic E-state index is 5.21. The van der Waals surface area contributed by atoms with E-state index in [9.17, 15) is 0 Å². The zero-order valence-electron chi connectivity index (χ0n) is 11.6. The SMILES string of the molecule is COc1ccc(-c2[nH]nc3c2ccc2ccccc23)cc1. The molecule has 21 heavy (non-hydrogen) atoms. The lowest BCUT2D eigenvalue weighted by molar-refractivity contribution is 0.415. The summed E-state index contributed by atoms with van der Waals surface area (Å²) in [6, 6.07) is 20.6. The van der Waals surface area contributed by atoms with Crippen molar-refractivity contribution in [1.82, 2.24) is 10.2 Å². The zero-order chi connectivity index (χ0) is 14.2. The molecule has 4 aromatic rings. The molecule has 1 aromatic heterocycles. The molecule has 0 bridgehead atoms. The molecule has 3 nitrogen and oxygen atoms in total. The number of nitrogens with one attached hydrogen (secondary N) is 1. The third-order valence-electron chi connectivity index (χ3n) is 3.83. The topological polar surface area (TPSA) is 37.9 Å². The lowest BCUT2D eigenvalue weighted by Gasteiger charge is -2.02. The van der Waals surface area contributed by atoms with Gasteiger partial charge in [-0.3, -0.25) is 5.10 Å². The van der Waals surface area contributed by atoms with Gasteiger partial charge in [0.1, 0.15) is 11.3 Å². The molecule has 1 heterocycles. The first-order valence-electron chi connectivity index (χ1n) is 6.87. The molecule has 0 amide bonds. The Morgan fingerprint density at radius 1 is 0.857 bits per heavy atom. The van der Waals surface area contributed by atoms with Gasteiger partial charge >= 0.3 is 0 Å². The second-order valence-electron chi connectivity index (χ2n) is 5.01. The Morgan fingerprint density at radius 2 is 1.67 bits per heavy atom. The van der Waals surface area contributed by atoms with Crippen molar-refractivity contribution in [2.75, 3.05) is 7.11 Å². The van der Waals surface area contributed by atoms with Crippen LogP contribution in [-0.4, -0.2) is 17.3 Å². The number of aromatic amines is 1. The normalized spacial score (nSPS) is 11.1. The van der Waals surface area contributed by atoms with Crippen molar-refractivity contribution in [2.45, 2.75) is 0 Å². The number of benzene rings is 3. The molecule has 102 valence electrons. The molecule has 0 spiro atoms. The van der Waals surface area contributed by atoms with Crippen molar-refractivity contribution in [3.8, 4) is 17.0 Å². The highest BCUT2D eigenvalue weighted by Gasteiger charge is 2.10. The van der Waals surface area contributed by atoms with E-state index in [0.29, 0.717) is 0 Å². The molecule has 0 saturated carbocycles. The van der Waals surface area contributed by atoms with Crippen LogP contribution in [-0.2, 0) is 0 Å². The van der Waals surface area contributed by atoms with Crippen molar-refractivity contribution in [1.29, 1.82) is 0 Å². The average Bonchev–Trinajstić information content (AvgIpc) is 2.99. The minimum absolute atomic E-state index is 0.855. The Balaban J connectivity index is 1.95. The van der Waals surface area contributed by atoms with Gasteiger partial charge in [0, 0.05) is 16.3 Å². The number of fused-ring (bicyclic) bond motifs is 3. The van der Waals surface area contributed by atoms with E-state index in [1.165, 1.54) is 10.8 Å². The number of H-pyrrole nitrogens is 1. The third-order valence-corrected chi connectivity index (χ3v) is 3.83. The van der Waals surface area contributed by atoms with Gasteiger partial charge in [-0.15, -0.1) is 0 Å². The van der Waals surface area contributed by atoms with Crippen LogP contribution >= 0.6 is 0 Å². The number of aromatic nitrogens is 2. The Bertz CT molecular complexity index is 923. The van der Waals surface area contributed by atoms with Gasteiger partial charge in [0.05, 0.1) is 12.8 Å². The summed E-state index contributed by atoms with van der Waals surface area (Å²) in [7, 11) is 1.67. The van der Waals surface area contributed by atoms with Gasteiger partial charge in [0.15, 0.2) is 0 Å². The summed E-state index contributed by atoms with van der Waals surface area (Å²) < 4.78 is 5.21. The van der Waals surface area contributed by atoms with Crippen LogP contribution in [0, 0.1) is 0 Å². The van der Waals surface area contributed by atoms with Crippen LogP contribution in [0.3, 0.4) is 0 Å². The standard InChI is InChI=1S/C18H14N2O/c1-21-14-9-6-13(7-10-14)17-16-11-8-12-4-2-3-5-15(12)18(16)20-19-17/h2-11H,1H3,(H,19,20). The molecule has 4 rings (SSSR count). The summed E-state index contributed by atoms with van der Waals surface area (Å²) >= 11 is 0. The molecule has 0 aliphatic rings. The molecular weight excluding hydrogens is 260 g/mol. The van der Waals surface area contributed by atoms with Crippen LogP contribution in [0.5, 0.6) is 5.75 Å². The molecule has 0 atom stereocenters. The fourth-order valence-electron chi connectivity index (χ4n) is 2.73. The van der Waals surface area contributed by atoms with Crippen LogP contribution in [0.15, 0.2) is 60.7 Å². The van der Waals surface area contributed by atoms with E-state index in [0.717, 1.165) is 27.9 Å². The Morgan fingerprint density at radius 3 is 2.48 bits per heavy atom. The van der Waals surface area contributed by atoms with E-state index in [-0.39, 0.29) is 0 Å². The Kier molecular flexibility index (Phi) is 2.64. The van der Waals surface area contributed by atoms with Crippen molar-refractivity contribution in [3.05, 3.63) is 60.7 Å². The van der Waals surface area contributed by atoms with E-state index in [1.54, 1.807) is 7.11 Å². The van der Waals surface area contributed by atoms with Gasteiger partial charge in [-0.1, -0.05) is 30.3 Å². The molecule has 1 N–H and O–H groups in total. The van der Waals surface area contributed by atoms with E-state index >= 15 is 0 Å². The fraction of sp³-hybridized carbons (Fsp3) is 0.0556. The number of nitrogens with zero attached hydrogens (tertiary/aromatic N) is 1.